The highest BCUT2D eigenvalue weighted by Crippen LogP contribution is 2.18. The average molecular weight is 284 g/mol. The highest BCUT2D eigenvalue weighted by Gasteiger charge is 2.42. The first-order valence-electron chi connectivity index (χ1n) is 6.02. The Morgan fingerprint density at radius 1 is 1.05 bits per heavy atom. The first-order valence-corrected chi connectivity index (χ1v) is 6.02. The predicted molar refractivity (Wildman–Crippen MR) is 62.7 cm³/mol. The van der Waals surface area contributed by atoms with Crippen LogP contribution in [0.4, 0.5) is 13.2 Å². The summed E-state index contributed by atoms with van der Waals surface area (Å²) in [5.74, 6) is -3.22. The van der Waals surface area contributed by atoms with Crippen LogP contribution in [0.5, 0.6) is 0 Å². The van der Waals surface area contributed by atoms with Crippen molar-refractivity contribution in [2.24, 2.45) is 0 Å². The average Bonchev–Trinajstić information content (AvgIpc) is 2.31. The fraction of sp³-hybridized carbons (Fsp3) is 0.818. The van der Waals surface area contributed by atoms with Crippen LogP contribution in [0.1, 0.15) is 20.3 Å². The van der Waals surface area contributed by atoms with E-state index in [4.69, 9.17) is 5.11 Å². The van der Waals surface area contributed by atoms with E-state index in [0.717, 1.165) is 0 Å². The first-order chi connectivity index (χ1) is 8.72. The summed E-state index contributed by atoms with van der Waals surface area (Å²) < 4.78 is 37.1. The third-order valence-electron chi connectivity index (χ3n) is 2.71. The number of rotatable bonds is 8. The van der Waals surface area contributed by atoms with Gasteiger partial charge in [-0.2, -0.15) is 13.2 Å². The quantitative estimate of drug-likeness (QED) is 0.727. The molecule has 0 aliphatic carbocycles. The molecule has 0 bridgehead atoms. The molecule has 19 heavy (non-hydrogen) atoms. The van der Waals surface area contributed by atoms with Gasteiger partial charge in [0.05, 0.1) is 6.42 Å². The van der Waals surface area contributed by atoms with Crippen LogP contribution in [0, 0.1) is 0 Å². The summed E-state index contributed by atoms with van der Waals surface area (Å²) in [6.45, 7) is 4.75. The molecule has 0 saturated heterocycles. The highest BCUT2D eigenvalue weighted by molar-refractivity contribution is 5.82. The fourth-order valence-electron chi connectivity index (χ4n) is 1.53. The number of carbonyl (C=O) groups excluding carboxylic acids is 1. The number of hydrogen-bond acceptors (Lipinski definition) is 3. The van der Waals surface area contributed by atoms with E-state index in [0.29, 0.717) is 18.0 Å². The number of hydrogen-bond donors (Lipinski definition) is 1. The molecule has 1 N–H and O–H groups in total. The van der Waals surface area contributed by atoms with Gasteiger partial charge in [-0.25, -0.2) is 0 Å². The Morgan fingerprint density at radius 2 is 1.58 bits per heavy atom. The lowest BCUT2D eigenvalue weighted by Gasteiger charge is -2.26. The van der Waals surface area contributed by atoms with Gasteiger partial charge >= 0.3 is 18.1 Å². The highest BCUT2D eigenvalue weighted by atomic mass is 19.4. The summed E-state index contributed by atoms with van der Waals surface area (Å²) in [5, 5.41) is 8.49. The summed E-state index contributed by atoms with van der Waals surface area (Å²) >= 11 is 0. The number of nitrogens with zero attached hydrogens (tertiary/aromatic N) is 2. The molecule has 1 amide bonds. The van der Waals surface area contributed by atoms with Crippen molar-refractivity contribution in [2.75, 3.05) is 32.7 Å². The molecule has 0 unspecified atom stereocenters. The molecule has 0 aliphatic rings. The summed E-state index contributed by atoms with van der Waals surface area (Å²) in [7, 11) is 0. The molecule has 0 aromatic heterocycles. The Hall–Kier alpha value is -1.31. The number of carboxylic acid groups (broad SMARTS) is 1. The SMILES string of the molecule is CCN(CC)CCN(CCC(=O)O)C(=O)C(F)(F)F. The third kappa shape index (κ3) is 7.00. The van der Waals surface area contributed by atoms with Crippen molar-refractivity contribution in [3.8, 4) is 0 Å². The topological polar surface area (TPSA) is 60.9 Å². The maximum atomic E-state index is 12.4. The lowest BCUT2D eigenvalue weighted by atomic mass is 10.3. The molecule has 0 heterocycles. The van der Waals surface area contributed by atoms with Crippen LogP contribution >= 0.6 is 0 Å². The largest absolute Gasteiger partial charge is 0.481 e. The van der Waals surface area contributed by atoms with Crippen LogP contribution in [0.3, 0.4) is 0 Å². The Balaban J connectivity index is 4.58. The van der Waals surface area contributed by atoms with Crippen molar-refractivity contribution in [1.29, 1.82) is 0 Å². The van der Waals surface area contributed by atoms with Crippen molar-refractivity contribution >= 4 is 11.9 Å². The number of halogens is 3. The zero-order valence-electron chi connectivity index (χ0n) is 11.0. The molecule has 5 nitrogen and oxygen atoms in total. The Kier molecular flexibility index (Phi) is 7.43. The van der Waals surface area contributed by atoms with E-state index in [1.54, 1.807) is 0 Å². The van der Waals surface area contributed by atoms with Gasteiger partial charge < -0.3 is 14.9 Å². The minimum absolute atomic E-state index is 0.132. The van der Waals surface area contributed by atoms with Crippen molar-refractivity contribution < 1.29 is 27.9 Å². The van der Waals surface area contributed by atoms with Gasteiger partial charge in [-0.05, 0) is 13.1 Å². The zero-order valence-corrected chi connectivity index (χ0v) is 11.0. The van der Waals surface area contributed by atoms with Crippen LogP contribution in [0.2, 0.25) is 0 Å². The molecule has 0 aromatic rings. The van der Waals surface area contributed by atoms with E-state index in [9.17, 15) is 22.8 Å². The Bertz CT molecular complexity index is 304. The number of amides is 1. The van der Waals surface area contributed by atoms with Gasteiger partial charge in [0.25, 0.3) is 0 Å². The lowest BCUT2D eigenvalue weighted by molar-refractivity contribution is -0.185. The molecular weight excluding hydrogens is 265 g/mol. The van der Waals surface area contributed by atoms with Gasteiger partial charge in [0.2, 0.25) is 0 Å². The molecule has 0 rings (SSSR count). The van der Waals surface area contributed by atoms with E-state index < -0.39 is 31.0 Å². The second-order valence-corrected chi connectivity index (χ2v) is 3.96. The Labute approximate surface area is 110 Å². The van der Waals surface area contributed by atoms with Crippen LogP contribution < -0.4 is 0 Å². The monoisotopic (exact) mass is 284 g/mol. The minimum Gasteiger partial charge on any atom is -0.481 e. The van der Waals surface area contributed by atoms with Gasteiger partial charge in [-0.15, -0.1) is 0 Å². The standard InChI is InChI=1S/C11H19F3N2O3/c1-3-15(4-2)7-8-16(6-5-9(17)18)10(19)11(12,13)14/h3-8H2,1-2H3,(H,17,18). The number of carbonyl (C=O) groups is 2. The van der Waals surface area contributed by atoms with E-state index in [2.05, 4.69) is 0 Å². The molecule has 0 saturated carbocycles. The van der Waals surface area contributed by atoms with Gasteiger partial charge in [0, 0.05) is 19.6 Å². The van der Waals surface area contributed by atoms with E-state index in [1.807, 2.05) is 18.7 Å². The molecule has 8 heteroatoms. The van der Waals surface area contributed by atoms with Gasteiger partial charge in [0.15, 0.2) is 0 Å². The number of likely N-dealkylation sites (N-methyl/N-ethyl adjacent to an activating group) is 1. The second kappa shape index (κ2) is 7.98. The Morgan fingerprint density at radius 3 is 1.95 bits per heavy atom. The summed E-state index contributed by atoms with van der Waals surface area (Å²) in [4.78, 5) is 24.0. The number of aliphatic carboxylic acids is 1. The second-order valence-electron chi connectivity index (χ2n) is 3.96. The number of alkyl halides is 3. The molecule has 0 spiro atoms. The molecule has 0 fully saturated rings. The van der Waals surface area contributed by atoms with Crippen molar-refractivity contribution in [3.05, 3.63) is 0 Å². The van der Waals surface area contributed by atoms with Crippen LogP contribution in [-0.4, -0.2) is 65.7 Å². The van der Waals surface area contributed by atoms with E-state index in [-0.39, 0.29) is 13.1 Å². The first kappa shape index (κ1) is 17.7. The van der Waals surface area contributed by atoms with Crippen molar-refractivity contribution in [2.45, 2.75) is 26.4 Å². The maximum Gasteiger partial charge on any atom is 0.471 e. The molecule has 112 valence electrons. The summed E-state index contributed by atoms with van der Waals surface area (Å²) in [6.07, 6.45) is -5.47. The van der Waals surface area contributed by atoms with Crippen LogP contribution in [0.25, 0.3) is 0 Å². The van der Waals surface area contributed by atoms with E-state index >= 15 is 0 Å². The van der Waals surface area contributed by atoms with Crippen molar-refractivity contribution in [3.63, 3.8) is 0 Å². The predicted octanol–water partition coefficient (Wildman–Crippen LogP) is 1.19. The fourth-order valence-corrected chi connectivity index (χ4v) is 1.53. The minimum atomic E-state index is -4.97. The number of carboxylic acids is 1. The molecule has 0 aromatic carbocycles. The van der Waals surface area contributed by atoms with E-state index in [1.165, 1.54) is 0 Å². The van der Waals surface area contributed by atoms with Gasteiger partial charge in [-0.1, -0.05) is 13.8 Å². The third-order valence-corrected chi connectivity index (χ3v) is 2.71. The van der Waals surface area contributed by atoms with Gasteiger partial charge in [-0.3, -0.25) is 9.59 Å². The maximum absolute atomic E-state index is 12.4. The molecule has 0 radical (unpaired) electrons. The van der Waals surface area contributed by atoms with Gasteiger partial charge in [0.1, 0.15) is 0 Å². The summed E-state index contributed by atoms with van der Waals surface area (Å²) in [5.41, 5.74) is 0. The molecule has 0 atom stereocenters. The normalized spacial score (nSPS) is 11.7. The lowest BCUT2D eigenvalue weighted by Crippen LogP contribution is -2.45. The summed E-state index contributed by atoms with van der Waals surface area (Å²) in [6, 6.07) is 0. The van der Waals surface area contributed by atoms with Crippen molar-refractivity contribution in [1.82, 2.24) is 9.80 Å². The smallest absolute Gasteiger partial charge is 0.471 e. The van der Waals surface area contributed by atoms with Crippen LogP contribution in [0.15, 0.2) is 0 Å². The molecular formula is C11H19F3N2O3. The zero-order chi connectivity index (χ0) is 15.1. The molecule has 0 aliphatic heterocycles. The van der Waals surface area contributed by atoms with Crippen LogP contribution in [-0.2, 0) is 9.59 Å².